The third-order valence-electron chi connectivity index (χ3n) is 1.11. The molecule has 0 atom stereocenters. The standard InChI is InChI=1S/C9H16N2/c1-6-8(4)11-9(5)10-7(2)3/h4,6H2,1-3,5H3/b11-9-. The van der Waals surface area contributed by atoms with Crippen molar-refractivity contribution in [2.75, 3.05) is 0 Å². The van der Waals surface area contributed by atoms with Gasteiger partial charge in [0.05, 0.1) is 0 Å². The second kappa shape index (κ2) is 4.83. The van der Waals surface area contributed by atoms with Crippen molar-refractivity contribution in [3.8, 4) is 0 Å². The van der Waals surface area contributed by atoms with Gasteiger partial charge in [0.2, 0.25) is 0 Å². The summed E-state index contributed by atoms with van der Waals surface area (Å²) in [5, 5.41) is 0. The van der Waals surface area contributed by atoms with Gasteiger partial charge in [-0.2, -0.15) is 0 Å². The van der Waals surface area contributed by atoms with Gasteiger partial charge in [-0.1, -0.05) is 13.5 Å². The smallest absolute Gasteiger partial charge is 0.125 e. The fourth-order valence-corrected chi connectivity index (χ4v) is 0.656. The van der Waals surface area contributed by atoms with E-state index in [2.05, 4.69) is 16.6 Å². The van der Waals surface area contributed by atoms with Gasteiger partial charge in [0.25, 0.3) is 0 Å². The molecule has 0 aliphatic rings. The van der Waals surface area contributed by atoms with Crippen molar-refractivity contribution < 1.29 is 0 Å². The van der Waals surface area contributed by atoms with E-state index >= 15 is 0 Å². The second-order valence-electron chi connectivity index (χ2n) is 2.64. The molecular formula is C9H16N2. The Kier molecular flexibility index (Phi) is 4.42. The molecule has 0 rings (SSSR count). The molecule has 0 radical (unpaired) electrons. The number of rotatable bonds is 2. The van der Waals surface area contributed by atoms with E-state index < -0.39 is 0 Å². The number of allylic oxidation sites excluding steroid dienone is 1. The Hall–Kier alpha value is -0.920. The van der Waals surface area contributed by atoms with Crippen LogP contribution in [-0.4, -0.2) is 11.5 Å². The molecule has 0 spiro atoms. The molecule has 0 bridgehead atoms. The van der Waals surface area contributed by atoms with Gasteiger partial charge in [0.15, 0.2) is 0 Å². The average Bonchev–Trinajstić information content (AvgIpc) is 1.85. The van der Waals surface area contributed by atoms with Crippen LogP contribution in [0.3, 0.4) is 0 Å². The third-order valence-corrected chi connectivity index (χ3v) is 1.11. The van der Waals surface area contributed by atoms with Crippen LogP contribution in [0.1, 0.15) is 34.1 Å². The number of hydrogen-bond acceptors (Lipinski definition) is 1. The van der Waals surface area contributed by atoms with Gasteiger partial charge < -0.3 is 0 Å². The molecule has 0 aliphatic heterocycles. The van der Waals surface area contributed by atoms with Gasteiger partial charge in [0.1, 0.15) is 5.84 Å². The third kappa shape index (κ3) is 5.52. The van der Waals surface area contributed by atoms with E-state index in [1.54, 1.807) is 0 Å². The molecule has 0 aliphatic carbocycles. The first kappa shape index (κ1) is 10.1. The van der Waals surface area contributed by atoms with Crippen LogP contribution < -0.4 is 0 Å². The first-order chi connectivity index (χ1) is 5.06. The van der Waals surface area contributed by atoms with E-state index in [4.69, 9.17) is 0 Å². The van der Waals surface area contributed by atoms with Gasteiger partial charge in [-0.05, 0) is 27.2 Å². The van der Waals surface area contributed by atoms with Crippen LogP contribution >= 0.6 is 0 Å². The van der Waals surface area contributed by atoms with E-state index in [1.165, 1.54) is 0 Å². The minimum Gasteiger partial charge on any atom is -0.243 e. The maximum absolute atomic E-state index is 4.17. The highest BCUT2D eigenvalue weighted by atomic mass is 14.9. The van der Waals surface area contributed by atoms with Crippen LogP contribution in [0.15, 0.2) is 22.3 Å². The van der Waals surface area contributed by atoms with Crippen LogP contribution in [0.25, 0.3) is 0 Å². The zero-order chi connectivity index (χ0) is 8.85. The molecule has 2 heteroatoms. The van der Waals surface area contributed by atoms with Gasteiger partial charge in [-0.25, -0.2) is 9.98 Å². The van der Waals surface area contributed by atoms with Crippen LogP contribution in [0.5, 0.6) is 0 Å². The fourth-order valence-electron chi connectivity index (χ4n) is 0.656. The molecule has 0 aromatic rings. The minimum atomic E-state index is 0.789. The lowest BCUT2D eigenvalue weighted by Gasteiger charge is -1.95. The van der Waals surface area contributed by atoms with Crippen molar-refractivity contribution in [1.82, 2.24) is 0 Å². The lowest BCUT2D eigenvalue weighted by Crippen LogP contribution is -1.91. The van der Waals surface area contributed by atoms with Gasteiger partial charge in [0, 0.05) is 11.4 Å². The molecule has 0 unspecified atom stereocenters. The van der Waals surface area contributed by atoms with Crippen molar-refractivity contribution in [1.29, 1.82) is 0 Å². The Morgan fingerprint density at radius 1 is 1.18 bits per heavy atom. The molecular weight excluding hydrogens is 136 g/mol. The molecule has 0 fully saturated rings. The second-order valence-corrected chi connectivity index (χ2v) is 2.64. The highest BCUT2D eigenvalue weighted by Gasteiger charge is 1.88. The quantitative estimate of drug-likeness (QED) is 0.429. The van der Waals surface area contributed by atoms with E-state index in [0.29, 0.717) is 0 Å². The number of aliphatic imine (C=N–C) groups is 2. The molecule has 0 amide bonds. The Balaban J connectivity index is 4.23. The lowest BCUT2D eigenvalue weighted by molar-refractivity contribution is 1.07. The van der Waals surface area contributed by atoms with Crippen molar-refractivity contribution in [3.05, 3.63) is 12.3 Å². The Labute approximate surface area is 68.8 Å². The van der Waals surface area contributed by atoms with E-state index in [1.807, 2.05) is 27.7 Å². The molecule has 0 saturated heterocycles. The topological polar surface area (TPSA) is 24.7 Å². The van der Waals surface area contributed by atoms with Crippen LogP contribution in [0.4, 0.5) is 0 Å². The Morgan fingerprint density at radius 2 is 1.73 bits per heavy atom. The van der Waals surface area contributed by atoms with Crippen molar-refractivity contribution in [3.63, 3.8) is 0 Å². The maximum atomic E-state index is 4.17. The molecule has 2 nitrogen and oxygen atoms in total. The normalized spacial score (nSPS) is 11.1. The predicted octanol–water partition coefficient (Wildman–Crippen LogP) is 2.81. The number of amidine groups is 1. The summed E-state index contributed by atoms with van der Waals surface area (Å²) >= 11 is 0. The van der Waals surface area contributed by atoms with Crippen LogP contribution in [0.2, 0.25) is 0 Å². The summed E-state index contributed by atoms with van der Waals surface area (Å²) in [6.45, 7) is 11.6. The molecule has 11 heavy (non-hydrogen) atoms. The predicted molar refractivity (Wildman–Crippen MR) is 51.3 cm³/mol. The molecule has 0 saturated carbocycles. The van der Waals surface area contributed by atoms with Crippen LogP contribution in [0, 0.1) is 0 Å². The molecule has 62 valence electrons. The van der Waals surface area contributed by atoms with E-state index in [-0.39, 0.29) is 0 Å². The molecule has 0 aromatic carbocycles. The molecule has 0 N–H and O–H groups in total. The number of nitrogens with zero attached hydrogens (tertiary/aromatic N) is 2. The summed E-state index contributed by atoms with van der Waals surface area (Å²) in [7, 11) is 0. The lowest BCUT2D eigenvalue weighted by atomic mass is 10.4. The van der Waals surface area contributed by atoms with Crippen molar-refractivity contribution in [2.24, 2.45) is 9.98 Å². The van der Waals surface area contributed by atoms with Gasteiger partial charge in [-0.3, -0.25) is 0 Å². The molecule has 0 aromatic heterocycles. The van der Waals surface area contributed by atoms with Crippen LogP contribution in [-0.2, 0) is 0 Å². The largest absolute Gasteiger partial charge is 0.243 e. The highest BCUT2D eigenvalue weighted by Crippen LogP contribution is 1.99. The first-order valence-electron chi connectivity index (χ1n) is 3.81. The first-order valence-corrected chi connectivity index (χ1v) is 3.81. The van der Waals surface area contributed by atoms with E-state index in [0.717, 1.165) is 23.7 Å². The highest BCUT2D eigenvalue weighted by molar-refractivity contribution is 5.94. The minimum absolute atomic E-state index is 0.789. The summed E-state index contributed by atoms with van der Waals surface area (Å²) in [6, 6.07) is 0. The zero-order valence-electron chi connectivity index (χ0n) is 7.81. The van der Waals surface area contributed by atoms with Gasteiger partial charge in [-0.15, -0.1) is 0 Å². The average molecular weight is 152 g/mol. The monoisotopic (exact) mass is 152 g/mol. The SMILES string of the molecule is C=C(CC)/N=C(/C)N=C(C)C. The van der Waals surface area contributed by atoms with Crippen molar-refractivity contribution in [2.45, 2.75) is 34.1 Å². The Bertz CT molecular complexity index is 196. The fraction of sp³-hybridized carbons (Fsp3) is 0.556. The molecule has 0 heterocycles. The van der Waals surface area contributed by atoms with Gasteiger partial charge >= 0.3 is 0 Å². The summed E-state index contributed by atoms with van der Waals surface area (Å²) < 4.78 is 0. The summed E-state index contributed by atoms with van der Waals surface area (Å²) in [4.78, 5) is 8.34. The zero-order valence-corrected chi connectivity index (χ0v) is 7.81. The van der Waals surface area contributed by atoms with E-state index in [9.17, 15) is 0 Å². The maximum Gasteiger partial charge on any atom is 0.125 e. The summed E-state index contributed by atoms with van der Waals surface area (Å²) in [5.74, 6) is 0.789. The summed E-state index contributed by atoms with van der Waals surface area (Å²) in [6.07, 6.45) is 0.885. The Morgan fingerprint density at radius 3 is 2.09 bits per heavy atom. The summed E-state index contributed by atoms with van der Waals surface area (Å²) in [5.41, 5.74) is 1.91. The van der Waals surface area contributed by atoms with Crippen molar-refractivity contribution >= 4 is 11.5 Å². The number of hydrogen-bond donors (Lipinski definition) is 0.